The van der Waals surface area contributed by atoms with Crippen molar-refractivity contribution in [3.8, 4) is 5.75 Å². The van der Waals surface area contributed by atoms with Crippen molar-refractivity contribution in [1.29, 1.82) is 0 Å². The van der Waals surface area contributed by atoms with Gasteiger partial charge in [0.15, 0.2) is 11.6 Å². The second-order valence-corrected chi connectivity index (χ2v) is 8.60. The fourth-order valence-corrected chi connectivity index (χ4v) is 4.48. The molecule has 2 aromatic rings. The smallest absolute Gasteiger partial charge is 0.526 e. The third kappa shape index (κ3) is 5.08. The highest BCUT2D eigenvalue weighted by Crippen LogP contribution is 2.36. The molecule has 0 saturated carbocycles. The number of quaternary nitrogens is 1. The van der Waals surface area contributed by atoms with Crippen molar-refractivity contribution in [3.05, 3.63) is 64.7 Å². The molecule has 0 unspecified atom stereocenters. The van der Waals surface area contributed by atoms with Crippen LogP contribution in [0.15, 0.2) is 42.5 Å². The summed E-state index contributed by atoms with van der Waals surface area (Å²) in [6.45, 7) is 12.4. The molecule has 6 heteroatoms. The fourth-order valence-electron chi connectivity index (χ4n) is 4.48. The first kappa shape index (κ1) is 23.2. The zero-order valence-corrected chi connectivity index (χ0v) is 19.1. The molecule has 164 valence electrons. The fraction of sp³-hybridized carbons (Fsp3) is 0.440. The number of carbonyl (C=O) groups excluding carboxylic acids is 2. The van der Waals surface area contributed by atoms with Crippen LogP contribution in [0.5, 0.6) is 5.75 Å². The van der Waals surface area contributed by atoms with E-state index in [-0.39, 0.29) is 23.8 Å². The normalized spacial score (nSPS) is 15.9. The van der Waals surface area contributed by atoms with Gasteiger partial charge in [-0.1, -0.05) is 36.4 Å². The Morgan fingerprint density at radius 2 is 1.71 bits per heavy atom. The molecular weight excluding hydrogens is 389 g/mol. The molecule has 5 nitrogen and oxygen atoms in total. The third-order valence-electron chi connectivity index (χ3n) is 6.85. The molecular formula is C25H33BNO4+. The van der Waals surface area contributed by atoms with Gasteiger partial charge in [-0.25, -0.2) is 0 Å². The largest absolute Gasteiger partial charge is 0.535 e. The van der Waals surface area contributed by atoms with E-state index in [4.69, 9.17) is 4.65 Å². The molecule has 1 aliphatic heterocycles. The van der Waals surface area contributed by atoms with Crippen molar-refractivity contribution in [2.45, 2.75) is 52.9 Å². The predicted molar refractivity (Wildman–Crippen MR) is 123 cm³/mol. The minimum Gasteiger partial charge on any atom is -0.535 e. The van der Waals surface area contributed by atoms with Gasteiger partial charge >= 0.3 is 7.12 Å². The SMILES string of the molecule is CC[N+](CC)(CC)Cc1ccc(C(=O)C[C@H]2Cc3cccc(C(C)=O)c3OB2O)cc1. The highest BCUT2D eigenvalue weighted by atomic mass is 16.5. The van der Waals surface area contributed by atoms with Crippen molar-refractivity contribution in [1.82, 2.24) is 0 Å². The van der Waals surface area contributed by atoms with Gasteiger partial charge in [-0.15, -0.1) is 0 Å². The molecule has 0 fully saturated rings. The minimum atomic E-state index is -1.10. The van der Waals surface area contributed by atoms with Crippen LogP contribution in [0.2, 0.25) is 5.82 Å². The van der Waals surface area contributed by atoms with Gasteiger partial charge in [-0.2, -0.15) is 0 Å². The zero-order valence-electron chi connectivity index (χ0n) is 19.1. The van der Waals surface area contributed by atoms with E-state index < -0.39 is 7.12 Å². The second kappa shape index (κ2) is 9.79. The highest BCUT2D eigenvalue weighted by molar-refractivity contribution is 6.47. The van der Waals surface area contributed by atoms with Crippen molar-refractivity contribution in [3.63, 3.8) is 0 Å². The van der Waals surface area contributed by atoms with Crippen LogP contribution in [0.1, 0.15) is 66.0 Å². The van der Waals surface area contributed by atoms with Crippen LogP contribution in [0.25, 0.3) is 0 Å². The van der Waals surface area contributed by atoms with E-state index in [2.05, 4.69) is 20.8 Å². The van der Waals surface area contributed by atoms with E-state index in [0.29, 0.717) is 23.3 Å². The van der Waals surface area contributed by atoms with E-state index >= 15 is 0 Å². The van der Waals surface area contributed by atoms with Crippen molar-refractivity contribution in [2.24, 2.45) is 0 Å². The molecule has 1 atom stereocenters. The van der Waals surface area contributed by atoms with Crippen LogP contribution in [0.4, 0.5) is 0 Å². The van der Waals surface area contributed by atoms with Crippen LogP contribution >= 0.6 is 0 Å². The summed E-state index contributed by atoms with van der Waals surface area (Å²) in [5.41, 5.74) is 3.22. The summed E-state index contributed by atoms with van der Waals surface area (Å²) in [7, 11) is -1.10. The first-order chi connectivity index (χ1) is 14.8. The van der Waals surface area contributed by atoms with E-state index in [1.165, 1.54) is 12.5 Å². The lowest BCUT2D eigenvalue weighted by atomic mass is 9.64. The number of carbonyl (C=O) groups is 2. The van der Waals surface area contributed by atoms with Gasteiger partial charge in [-0.05, 0) is 45.7 Å². The maximum atomic E-state index is 12.9. The summed E-state index contributed by atoms with van der Waals surface area (Å²) in [6.07, 6.45) is 0.702. The van der Waals surface area contributed by atoms with Crippen LogP contribution in [-0.2, 0) is 13.0 Å². The number of hydrogen-bond donors (Lipinski definition) is 1. The molecule has 0 aliphatic carbocycles. The number of benzene rings is 2. The summed E-state index contributed by atoms with van der Waals surface area (Å²) in [4.78, 5) is 24.7. The van der Waals surface area contributed by atoms with Gasteiger partial charge in [0.05, 0.1) is 25.2 Å². The Kier molecular flexibility index (Phi) is 7.34. The van der Waals surface area contributed by atoms with E-state index in [1.54, 1.807) is 6.07 Å². The maximum Gasteiger partial charge on any atom is 0.526 e. The van der Waals surface area contributed by atoms with Crippen LogP contribution in [-0.4, -0.2) is 47.8 Å². The van der Waals surface area contributed by atoms with Gasteiger partial charge in [0.1, 0.15) is 12.3 Å². The standard InChI is InChI=1S/C25H33BNO4/c1-5-27(6-2,7-3)17-19-11-13-20(14-12-19)24(29)16-22-15-21-9-8-10-23(18(4)28)25(21)31-26(22)30/h8-14,22,30H,5-7,15-17H2,1-4H3/q+1/t22-/m1/s1. The second-order valence-electron chi connectivity index (χ2n) is 8.60. The monoisotopic (exact) mass is 422 g/mol. The molecule has 0 radical (unpaired) electrons. The molecule has 0 spiro atoms. The Balaban J connectivity index is 1.69. The number of nitrogens with zero attached hydrogens (tertiary/aromatic N) is 1. The Morgan fingerprint density at radius 1 is 1.06 bits per heavy atom. The molecule has 0 bridgehead atoms. The topological polar surface area (TPSA) is 63.6 Å². The summed E-state index contributed by atoms with van der Waals surface area (Å²) >= 11 is 0. The molecule has 31 heavy (non-hydrogen) atoms. The van der Waals surface area contributed by atoms with Crippen LogP contribution < -0.4 is 4.65 Å². The Morgan fingerprint density at radius 3 is 2.29 bits per heavy atom. The van der Waals surface area contributed by atoms with Gasteiger partial charge < -0.3 is 14.2 Å². The first-order valence-electron chi connectivity index (χ1n) is 11.3. The first-order valence-corrected chi connectivity index (χ1v) is 11.3. The number of rotatable bonds is 9. The summed E-state index contributed by atoms with van der Waals surface area (Å²) in [5, 5.41) is 10.5. The van der Waals surface area contributed by atoms with Gasteiger partial charge in [0, 0.05) is 23.4 Å². The minimum absolute atomic E-state index is 0.00685. The predicted octanol–water partition coefficient (Wildman–Crippen LogP) is 4.32. The van der Waals surface area contributed by atoms with Crippen molar-refractivity contribution < 1.29 is 23.8 Å². The van der Waals surface area contributed by atoms with Gasteiger partial charge in [0.25, 0.3) is 0 Å². The Hall–Kier alpha value is -2.44. The van der Waals surface area contributed by atoms with Gasteiger partial charge in [-0.3, -0.25) is 9.59 Å². The third-order valence-corrected chi connectivity index (χ3v) is 6.85. The number of Topliss-reactive ketones (excluding diaryl/α,β-unsaturated/α-hetero) is 2. The van der Waals surface area contributed by atoms with E-state index in [9.17, 15) is 14.6 Å². The molecule has 3 rings (SSSR count). The molecule has 1 heterocycles. The number of ketones is 2. The number of para-hydroxylation sites is 1. The molecule has 2 aromatic carbocycles. The summed E-state index contributed by atoms with van der Waals surface area (Å²) in [5.74, 6) is -0.00506. The molecule has 0 aromatic heterocycles. The molecule has 1 N–H and O–H groups in total. The van der Waals surface area contributed by atoms with Crippen LogP contribution in [0, 0.1) is 0 Å². The molecule has 0 amide bonds. The van der Waals surface area contributed by atoms with E-state index in [0.717, 1.165) is 36.2 Å². The number of hydrogen-bond acceptors (Lipinski definition) is 4. The molecule has 1 aliphatic rings. The van der Waals surface area contributed by atoms with Crippen LogP contribution in [0.3, 0.4) is 0 Å². The van der Waals surface area contributed by atoms with Crippen molar-refractivity contribution in [2.75, 3.05) is 19.6 Å². The van der Waals surface area contributed by atoms with E-state index in [1.807, 2.05) is 36.4 Å². The summed E-state index contributed by atoms with van der Waals surface area (Å²) < 4.78 is 6.69. The molecule has 0 saturated heterocycles. The quantitative estimate of drug-likeness (QED) is 0.371. The summed E-state index contributed by atoms with van der Waals surface area (Å²) in [6, 6.07) is 13.3. The maximum absolute atomic E-state index is 12.9. The lowest BCUT2D eigenvalue weighted by molar-refractivity contribution is -0.936. The van der Waals surface area contributed by atoms with Crippen molar-refractivity contribution >= 4 is 18.7 Å². The Labute approximate surface area is 185 Å². The number of fused-ring (bicyclic) bond motifs is 1. The highest BCUT2D eigenvalue weighted by Gasteiger charge is 2.37. The lowest BCUT2D eigenvalue weighted by Gasteiger charge is -2.35. The average molecular weight is 422 g/mol. The lowest BCUT2D eigenvalue weighted by Crippen LogP contribution is -2.46. The van der Waals surface area contributed by atoms with Gasteiger partial charge in [0.2, 0.25) is 0 Å². The zero-order chi connectivity index (χ0) is 22.6. The average Bonchev–Trinajstić information content (AvgIpc) is 2.78. The Bertz CT molecular complexity index is 929.